The first-order valence-electron chi connectivity index (χ1n) is 5.44. The largest absolute Gasteiger partial charge is 0.507 e. The number of rotatable bonds is 5. The van der Waals surface area contributed by atoms with E-state index < -0.39 is 0 Å². The Balaban J connectivity index is 2.96. The number of phenols is 1. The first kappa shape index (κ1) is 12.7. The molecule has 1 N–H and O–H groups in total. The van der Waals surface area contributed by atoms with Gasteiger partial charge in [-0.05, 0) is 38.6 Å². The number of aromatic hydroxyl groups is 1. The molecule has 0 bridgehead atoms. The average molecular weight is 221 g/mol. The van der Waals surface area contributed by atoms with E-state index in [0.717, 1.165) is 29.4 Å². The minimum absolute atomic E-state index is 0.364. The molecule has 0 heterocycles. The van der Waals surface area contributed by atoms with E-state index in [0.29, 0.717) is 18.7 Å². The van der Waals surface area contributed by atoms with Gasteiger partial charge < -0.3 is 14.8 Å². The summed E-state index contributed by atoms with van der Waals surface area (Å²) in [5, 5.41) is 9.90. The molecule has 0 aliphatic rings. The molecule has 0 aliphatic heterocycles. The summed E-state index contributed by atoms with van der Waals surface area (Å²) >= 11 is 0. The monoisotopic (exact) mass is 221 g/mol. The van der Waals surface area contributed by atoms with Gasteiger partial charge in [0.15, 0.2) is 0 Å². The van der Waals surface area contributed by atoms with Crippen LogP contribution in [0.4, 0.5) is 0 Å². The molecule has 3 nitrogen and oxygen atoms in total. The summed E-state index contributed by atoms with van der Waals surface area (Å²) in [7, 11) is 3.93. The number of carbonyl (C=O) groups excluding carboxylic acids is 1. The van der Waals surface area contributed by atoms with Crippen LogP contribution < -0.4 is 0 Å². The van der Waals surface area contributed by atoms with Gasteiger partial charge in [0.05, 0.1) is 0 Å². The molecule has 0 saturated heterocycles. The fourth-order valence-electron chi connectivity index (χ4n) is 1.76. The Hall–Kier alpha value is -1.35. The van der Waals surface area contributed by atoms with Gasteiger partial charge in [-0.1, -0.05) is 12.1 Å². The van der Waals surface area contributed by atoms with Gasteiger partial charge in [0.25, 0.3) is 0 Å². The molecule has 1 aromatic carbocycles. The van der Waals surface area contributed by atoms with Crippen LogP contribution in [0.5, 0.6) is 5.75 Å². The van der Waals surface area contributed by atoms with Crippen LogP contribution in [0.3, 0.4) is 0 Å². The van der Waals surface area contributed by atoms with Crippen LogP contribution in [0.25, 0.3) is 0 Å². The predicted molar refractivity (Wildman–Crippen MR) is 64.6 cm³/mol. The maximum absolute atomic E-state index is 10.3. The summed E-state index contributed by atoms with van der Waals surface area (Å²) < 4.78 is 0. The Morgan fingerprint density at radius 1 is 1.38 bits per heavy atom. The van der Waals surface area contributed by atoms with E-state index in [1.165, 1.54) is 0 Å². The lowest BCUT2D eigenvalue weighted by atomic mass is 10.0. The van der Waals surface area contributed by atoms with E-state index in [1.807, 2.05) is 38.1 Å². The lowest BCUT2D eigenvalue weighted by Gasteiger charge is -2.14. The van der Waals surface area contributed by atoms with Crippen molar-refractivity contribution in [3.05, 3.63) is 28.8 Å². The van der Waals surface area contributed by atoms with Gasteiger partial charge >= 0.3 is 0 Å². The molecule has 0 aromatic heterocycles. The second-order valence-corrected chi connectivity index (χ2v) is 4.36. The Labute approximate surface area is 96.7 Å². The molecule has 0 amide bonds. The highest BCUT2D eigenvalue weighted by Crippen LogP contribution is 2.25. The average Bonchev–Trinajstić information content (AvgIpc) is 2.21. The molecule has 0 aliphatic carbocycles. The quantitative estimate of drug-likeness (QED) is 0.772. The number of benzene rings is 1. The summed E-state index contributed by atoms with van der Waals surface area (Å²) in [6.45, 7) is 2.60. The first-order valence-corrected chi connectivity index (χ1v) is 5.44. The third kappa shape index (κ3) is 3.35. The Morgan fingerprint density at radius 2 is 2.06 bits per heavy atom. The second-order valence-electron chi connectivity index (χ2n) is 4.36. The van der Waals surface area contributed by atoms with Gasteiger partial charge in [-0.3, -0.25) is 0 Å². The number of aryl methyl sites for hydroxylation is 2. The van der Waals surface area contributed by atoms with Gasteiger partial charge in [-0.25, -0.2) is 0 Å². The minimum Gasteiger partial charge on any atom is -0.507 e. The first-order chi connectivity index (χ1) is 7.54. The van der Waals surface area contributed by atoms with E-state index in [2.05, 4.69) is 0 Å². The van der Waals surface area contributed by atoms with Crippen molar-refractivity contribution >= 4 is 6.29 Å². The molecule has 0 fully saturated rings. The molecule has 88 valence electrons. The van der Waals surface area contributed by atoms with Crippen LogP contribution in [-0.2, 0) is 17.8 Å². The Kier molecular flexibility index (Phi) is 4.50. The molecule has 0 saturated carbocycles. The zero-order valence-electron chi connectivity index (χ0n) is 10.2. The molecule has 16 heavy (non-hydrogen) atoms. The molecule has 1 aromatic rings. The maximum Gasteiger partial charge on any atom is 0.122 e. The lowest BCUT2D eigenvalue weighted by molar-refractivity contribution is -0.107. The molecule has 0 radical (unpaired) electrons. The normalized spacial score (nSPS) is 10.8. The Bertz CT molecular complexity index is 372. The molecular formula is C13H19NO2. The lowest BCUT2D eigenvalue weighted by Crippen LogP contribution is -2.11. The topological polar surface area (TPSA) is 40.5 Å². The van der Waals surface area contributed by atoms with Crippen LogP contribution >= 0.6 is 0 Å². The van der Waals surface area contributed by atoms with Crippen LogP contribution in [0.15, 0.2) is 12.1 Å². The molecular weight excluding hydrogens is 202 g/mol. The zero-order valence-corrected chi connectivity index (χ0v) is 10.2. The third-order valence-electron chi connectivity index (χ3n) is 2.48. The number of nitrogens with zero attached hydrogens (tertiary/aromatic N) is 1. The predicted octanol–water partition coefficient (Wildman–Crippen LogP) is 1.89. The van der Waals surface area contributed by atoms with Crippen molar-refractivity contribution in [3.8, 4) is 5.75 Å². The number of hydrogen-bond acceptors (Lipinski definition) is 3. The second kappa shape index (κ2) is 5.66. The van der Waals surface area contributed by atoms with Crippen molar-refractivity contribution in [3.63, 3.8) is 0 Å². The van der Waals surface area contributed by atoms with Gasteiger partial charge in [-0.15, -0.1) is 0 Å². The molecule has 3 heteroatoms. The highest BCUT2D eigenvalue weighted by Gasteiger charge is 2.07. The van der Waals surface area contributed by atoms with Gasteiger partial charge in [0.1, 0.15) is 12.0 Å². The number of carbonyl (C=O) groups is 1. The van der Waals surface area contributed by atoms with Crippen molar-refractivity contribution in [2.24, 2.45) is 0 Å². The maximum atomic E-state index is 10.3. The van der Waals surface area contributed by atoms with Gasteiger partial charge in [0, 0.05) is 18.5 Å². The molecule has 1 rings (SSSR count). The van der Waals surface area contributed by atoms with Crippen molar-refractivity contribution in [1.82, 2.24) is 4.90 Å². The van der Waals surface area contributed by atoms with Crippen molar-refractivity contribution in [2.75, 3.05) is 14.1 Å². The van der Waals surface area contributed by atoms with Crippen LogP contribution in [-0.4, -0.2) is 30.4 Å². The number of phenolic OH excluding ortho intramolecular Hbond substituents is 1. The Morgan fingerprint density at radius 3 is 2.62 bits per heavy atom. The molecule has 0 unspecified atom stereocenters. The standard InChI is InChI=1S/C13H19NO2/c1-10-7-11(5-4-6-15)8-12(13(10)16)9-14(2)3/h6-8,16H,4-5,9H2,1-3H3. The summed E-state index contributed by atoms with van der Waals surface area (Å²) in [6, 6.07) is 3.92. The summed E-state index contributed by atoms with van der Waals surface area (Å²) in [5.74, 6) is 0.364. The SMILES string of the molecule is Cc1cc(CCC=O)cc(CN(C)C)c1O. The molecule has 0 atom stereocenters. The molecule has 0 spiro atoms. The highest BCUT2D eigenvalue weighted by molar-refractivity contribution is 5.51. The van der Waals surface area contributed by atoms with Crippen molar-refractivity contribution in [1.29, 1.82) is 0 Å². The highest BCUT2D eigenvalue weighted by atomic mass is 16.3. The van der Waals surface area contributed by atoms with E-state index >= 15 is 0 Å². The number of aldehydes is 1. The van der Waals surface area contributed by atoms with Crippen LogP contribution in [0.1, 0.15) is 23.1 Å². The van der Waals surface area contributed by atoms with Crippen LogP contribution in [0, 0.1) is 6.92 Å². The van der Waals surface area contributed by atoms with Crippen molar-refractivity contribution < 1.29 is 9.90 Å². The van der Waals surface area contributed by atoms with Crippen LogP contribution in [0.2, 0.25) is 0 Å². The minimum atomic E-state index is 0.364. The summed E-state index contributed by atoms with van der Waals surface area (Å²) in [5.41, 5.74) is 2.91. The van der Waals surface area contributed by atoms with E-state index in [-0.39, 0.29) is 0 Å². The van der Waals surface area contributed by atoms with E-state index in [9.17, 15) is 9.90 Å². The third-order valence-corrected chi connectivity index (χ3v) is 2.48. The zero-order chi connectivity index (χ0) is 12.1. The van der Waals surface area contributed by atoms with E-state index in [1.54, 1.807) is 0 Å². The summed E-state index contributed by atoms with van der Waals surface area (Å²) in [4.78, 5) is 12.3. The number of hydrogen-bond donors (Lipinski definition) is 1. The fraction of sp³-hybridized carbons (Fsp3) is 0.462. The van der Waals surface area contributed by atoms with Gasteiger partial charge in [-0.2, -0.15) is 0 Å². The van der Waals surface area contributed by atoms with Crippen molar-refractivity contribution in [2.45, 2.75) is 26.3 Å². The van der Waals surface area contributed by atoms with Gasteiger partial charge in [0.2, 0.25) is 0 Å². The fourth-order valence-corrected chi connectivity index (χ4v) is 1.76. The summed E-state index contributed by atoms with van der Waals surface area (Å²) in [6.07, 6.45) is 2.20. The van der Waals surface area contributed by atoms with E-state index in [4.69, 9.17) is 0 Å². The smallest absolute Gasteiger partial charge is 0.122 e.